The molecule has 0 spiro atoms. The van der Waals surface area contributed by atoms with Crippen LogP contribution in [-0.2, 0) is 16.0 Å². The zero-order valence-electron chi connectivity index (χ0n) is 17.9. The Kier molecular flexibility index (Phi) is 8.28. The third kappa shape index (κ3) is 6.99. The molecule has 9 heteroatoms. The van der Waals surface area contributed by atoms with Crippen LogP contribution >= 0.6 is 0 Å². The van der Waals surface area contributed by atoms with E-state index in [1.807, 2.05) is 37.3 Å². The number of H-pyrrole nitrogens is 1. The molecule has 2 unspecified atom stereocenters. The van der Waals surface area contributed by atoms with Gasteiger partial charge in [0.25, 0.3) is 0 Å². The predicted molar refractivity (Wildman–Crippen MR) is 117 cm³/mol. The minimum atomic E-state index is -0.357. The Morgan fingerprint density at radius 1 is 1.23 bits per heavy atom. The molecule has 1 fully saturated rings. The number of aromatic amines is 1. The molecular formula is C22H31N5O4. The van der Waals surface area contributed by atoms with Crippen molar-refractivity contribution in [1.29, 1.82) is 0 Å². The number of aromatic nitrogens is 2. The highest BCUT2D eigenvalue weighted by molar-refractivity contribution is 5.91. The molecule has 0 bridgehead atoms. The van der Waals surface area contributed by atoms with Gasteiger partial charge >= 0.3 is 6.09 Å². The molecule has 1 heterocycles. The molecule has 1 aliphatic carbocycles. The highest BCUT2D eigenvalue weighted by Crippen LogP contribution is 2.34. The summed E-state index contributed by atoms with van der Waals surface area (Å²) in [5, 5.41) is 13.0. The summed E-state index contributed by atoms with van der Waals surface area (Å²) in [5.41, 5.74) is 7.26. The van der Waals surface area contributed by atoms with E-state index in [4.69, 9.17) is 15.2 Å². The number of rotatable bonds is 10. The first kappa shape index (κ1) is 22.6. The van der Waals surface area contributed by atoms with E-state index >= 15 is 0 Å². The summed E-state index contributed by atoms with van der Waals surface area (Å²) >= 11 is 0. The Morgan fingerprint density at radius 2 is 2.03 bits per heavy atom. The number of nitrogens with zero attached hydrogens (tertiary/aromatic N) is 1. The molecule has 2 aromatic rings. The lowest BCUT2D eigenvalue weighted by Crippen LogP contribution is -2.33. The normalized spacial score (nSPS) is 17.9. The lowest BCUT2D eigenvalue weighted by Gasteiger charge is -2.12. The molecule has 1 aliphatic rings. The first-order valence-electron chi connectivity index (χ1n) is 10.8. The molecule has 3 rings (SSSR count). The second kappa shape index (κ2) is 11.4. The fourth-order valence-electron chi connectivity index (χ4n) is 3.66. The summed E-state index contributed by atoms with van der Waals surface area (Å²) < 4.78 is 10.5. The van der Waals surface area contributed by atoms with Crippen molar-refractivity contribution in [2.24, 2.45) is 5.73 Å². The predicted octanol–water partition coefficient (Wildman–Crippen LogP) is 2.70. The molecular weight excluding hydrogens is 398 g/mol. The van der Waals surface area contributed by atoms with Crippen LogP contribution in [0.3, 0.4) is 0 Å². The number of anilines is 1. The van der Waals surface area contributed by atoms with Crippen LogP contribution in [0.2, 0.25) is 0 Å². The van der Waals surface area contributed by atoms with Gasteiger partial charge in [0.05, 0.1) is 13.0 Å². The summed E-state index contributed by atoms with van der Waals surface area (Å²) in [6, 6.07) is 9.33. The van der Waals surface area contributed by atoms with Gasteiger partial charge < -0.3 is 25.8 Å². The van der Waals surface area contributed by atoms with Gasteiger partial charge in [-0.1, -0.05) is 19.1 Å². The second-order valence-electron chi connectivity index (χ2n) is 7.70. The Balaban J connectivity index is 1.45. The van der Waals surface area contributed by atoms with Gasteiger partial charge in [0.1, 0.15) is 12.4 Å². The van der Waals surface area contributed by atoms with Gasteiger partial charge in [-0.15, -0.1) is 0 Å². The molecule has 1 aromatic heterocycles. The van der Waals surface area contributed by atoms with Crippen LogP contribution in [0.4, 0.5) is 10.6 Å². The Bertz CT molecular complexity index is 852. The zero-order chi connectivity index (χ0) is 22.1. The number of ether oxygens (including phenoxy) is 2. The second-order valence-corrected chi connectivity index (χ2v) is 7.70. The lowest BCUT2D eigenvalue weighted by atomic mass is 10.0. The van der Waals surface area contributed by atoms with E-state index in [0.717, 1.165) is 42.7 Å². The van der Waals surface area contributed by atoms with Crippen LogP contribution in [0.5, 0.6) is 5.75 Å². The highest BCUT2D eigenvalue weighted by atomic mass is 16.5. The van der Waals surface area contributed by atoms with E-state index in [-0.39, 0.29) is 30.4 Å². The van der Waals surface area contributed by atoms with E-state index < -0.39 is 0 Å². The van der Waals surface area contributed by atoms with E-state index in [0.29, 0.717) is 25.6 Å². The van der Waals surface area contributed by atoms with Crippen molar-refractivity contribution < 1.29 is 19.1 Å². The summed E-state index contributed by atoms with van der Waals surface area (Å²) in [5.74, 6) is 1.35. The van der Waals surface area contributed by atoms with Gasteiger partial charge in [0.2, 0.25) is 5.91 Å². The number of benzene rings is 1. The van der Waals surface area contributed by atoms with Gasteiger partial charge in [-0.25, -0.2) is 4.79 Å². The molecule has 31 heavy (non-hydrogen) atoms. The quantitative estimate of drug-likeness (QED) is 0.459. The van der Waals surface area contributed by atoms with Crippen LogP contribution in [0.15, 0.2) is 30.3 Å². The molecule has 1 saturated carbocycles. The van der Waals surface area contributed by atoms with Crippen molar-refractivity contribution in [2.75, 3.05) is 25.1 Å². The van der Waals surface area contributed by atoms with E-state index in [2.05, 4.69) is 20.8 Å². The standard InChI is InChI=1S/C22H31N5O4/c1-2-10-31-22(29)24-17-6-5-16(13-17)19-14-20(27-26-19)25-21(28)12-15-3-7-18(8-4-15)30-11-9-23/h3-4,7-8,14,16-17H,2,5-6,9-13,23H2,1H3,(H,24,29)(H2,25,26,27,28). The maximum atomic E-state index is 12.4. The summed E-state index contributed by atoms with van der Waals surface area (Å²) in [6.45, 7) is 3.31. The molecule has 5 N–H and O–H groups in total. The van der Waals surface area contributed by atoms with Crippen molar-refractivity contribution in [3.8, 4) is 5.75 Å². The van der Waals surface area contributed by atoms with E-state index in [1.165, 1.54) is 0 Å². The average molecular weight is 430 g/mol. The van der Waals surface area contributed by atoms with Crippen molar-refractivity contribution in [2.45, 2.75) is 51.0 Å². The molecule has 9 nitrogen and oxygen atoms in total. The number of amides is 2. The molecule has 0 saturated heterocycles. The number of nitrogens with two attached hydrogens (primary N) is 1. The fourth-order valence-corrected chi connectivity index (χ4v) is 3.66. The van der Waals surface area contributed by atoms with Crippen LogP contribution in [0.25, 0.3) is 0 Å². The number of alkyl carbamates (subject to hydrolysis) is 1. The van der Waals surface area contributed by atoms with Crippen molar-refractivity contribution in [3.63, 3.8) is 0 Å². The number of nitrogens with one attached hydrogen (secondary N) is 3. The third-order valence-corrected chi connectivity index (χ3v) is 5.17. The number of carbonyl (C=O) groups is 2. The van der Waals surface area contributed by atoms with Crippen molar-refractivity contribution in [3.05, 3.63) is 41.6 Å². The highest BCUT2D eigenvalue weighted by Gasteiger charge is 2.28. The number of hydrogen-bond acceptors (Lipinski definition) is 6. The first-order chi connectivity index (χ1) is 15.1. The van der Waals surface area contributed by atoms with Crippen LogP contribution < -0.4 is 21.1 Å². The van der Waals surface area contributed by atoms with Gasteiger partial charge in [0, 0.05) is 30.3 Å². The molecule has 2 atom stereocenters. The molecule has 0 radical (unpaired) electrons. The van der Waals surface area contributed by atoms with Crippen molar-refractivity contribution in [1.82, 2.24) is 15.5 Å². The average Bonchev–Trinajstić information content (AvgIpc) is 3.41. The van der Waals surface area contributed by atoms with Gasteiger partial charge in [0.15, 0.2) is 5.82 Å². The Hall–Kier alpha value is -3.07. The van der Waals surface area contributed by atoms with Crippen LogP contribution in [0, 0.1) is 0 Å². The Labute approximate surface area is 182 Å². The molecule has 168 valence electrons. The molecule has 1 aromatic carbocycles. The summed E-state index contributed by atoms with van der Waals surface area (Å²) in [4.78, 5) is 24.1. The SMILES string of the molecule is CCCOC(=O)NC1CCC(c2cc(NC(=O)Cc3ccc(OCCN)cc3)n[nH]2)C1. The lowest BCUT2D eigenvalue weighted by molar-refractivity contribution is -0.115. The third-order valence-electron chi connectivity index (χ3n) is 5.17. The fraction of sp³-hybridized carbons (Fsp3) is 0.500. The van der Waals surface area contributed by atoms with Crippen LogP contribution in [-0.4, -0.2) is 48.0 Å². The van der Waals surface area contributed by atoms with E-state index in [1.54, 1.807) is 0 Å². The zero-order valence-corrected chi connectivity index (χ0v) is 17.9. The minimum absolute atomic E-state index is 0.0903. The maximum Gasteiger partial charge on any atom is 0.407 e. The topological polar surface area (TPSA) is 131 Å². The first-order valence-corrected chi connectivity index (χ1v) is 10.8. The van der Waals surface area contributed by atoms with Gasteiger partial charge in [-0.2, -0.15) is 5.10 Å². The summed E-state index contributed by atoms with van der Waals surface area (Å²) in [6.07, 6.45) is 3.33. The van der Waals surface area contributed by atoms with Gasteiger partial charge in [-0.3, -0.25) is 9.89 Å². The summed E-state index contributed by atoms with van der Waals surface area (Å²) in [7, 11) is 0. The van der Waals surface area contributed by atoms with E-state index in [9.17, 15) is 9.59 Å². The monoisotopic (exact) mass is 429 g/mol. The largest absolute Gasteiger partial charge is 0.492 e. The van der Waals surface area contributed by atoms with Gasteiger partial charge in [-0.05, 0) is 43.4 Å². The molecule has 2 amide bonds. The van der Waals surface area contributed by atoms with Crippen molar-refractivity contribution >= 4 is 17.8 Å². The smallest absolute Gasteiger partial charge is 0.407 e. The van der Waals surface area contributed by atoms with Crippen LogP contribution in [0.1, 0.15) is 49.8 Å². The maximum absolute atomic E-state index is 12.4. The minimum Gasteiger partial charge on any atom is -0.492 e. The number of carbonyl (C=O) groups excluding carboxylic acids is 2. The molecule has 0 aliphatic heterocycles. The Morgan fingerprint density at radius 3 is 2.77 bits per heavy atom. The number of hydrogen-bond donors (Lipinski definition) is 4.